The second kappa shape index (κ2) is 5.65. The topological polar surface area (TPSA) is 35.5 Å². The van der Waals surface area contributed by atoms with Gasteiger partial charge in [-0.3, -0.25) is 4.79 Å². The third kappa shape index (κ3) is 2.83. The quantitative estimate of drug-likeness (QED) is 0.518. The van der Waals surface area contributed by atoms with Crippen LogP contribution in [0.1, 0.15) is 0 Å². The van der Waals surface area contributed by atoms with Gasteiger partial charge in [0.1, 0.15) is 13.2 Å². The average Bonchev–Trinajstić information content (AvgIpc) is 2.24. The fourth-order valence-corrected chi connectivity index (χ4v) is 0.932. The predicted octanol–water partition coefficient (Wildman–Crippen LogP) is 1.28. The SMILES string of the molecule is C#CCOc1ccccc1OCC=O. The second-order valence-corrected chi connectivity index (χ2v) is 2.42. The minimum atomic E-state index is 0.0103. The Bertz CT molecular complexity index is 339. The van der Waals surface area contributed by atoms with Gasteiger partial charge in [0.05, 0.1) is 0 Å². The predicted molar refractivity (Wildman–Crippen MR) is 52.3 cm³/mol. The molecule has 3 nitrogen and oxygen atoms in total. The summed E-state index contributed by atoms with van der Waals surface area (Å²) in [5.41, 5.74) is 0. The van der Waals surface area contributed by atoms with Crippen molar-refractivity contribution in [1.29, 1.82) is 0 Å². The van der Waals surface area contributed by atoms with E-state index in [1.165, 1.54) is 0 Å². The van der Waals surface area contributed by atoms with E-state index in [-0.39, 0.29) is 13.2 Å². The molecular weight excluding hydrogens is 180 g/mol. The lowest BCUT2D eigenvalue weighted by molar-refractivity contribution is -0.109. The molecule has 0 fully saturated rings. The molecule has 0 aliphatic rings. The molecular formula is C11H10O3. The summed E-state index contributed by atoms with van der Waals surface area (Å²) in [6.07, 6.45) is 5.73. The van der Waals surface area contributed by atoms with E-state index in [1.54, 1.807) is 24.3 Å². The van der Waals surface area contributed by atoms with E-state index in [0.717, 1.165) is 0 Å². The van der Waals surface area contributed by atoms with Crippen molar-refractivity contribution in [2.45, 2.75) is 0 Å². The van der Waals surface area contributed by atoms with Crippen LogP contribution in [-0.2, 0) is 4.79 Å². The normalized spacial score (nSPS) is 8.79. The van der Waals surface area contributed by atoms with Crippen LogP contribution in [-0.4, -0.2) is 19.5 Å². The fraction of sp³-hybridized carbons (Fsp3) is 0.182. The maximum absolute atomic E-state index is 10.1. The van der Waals surface area contributed by atoms with Gasteiger partial charge in [0, 0.05) is 0 Å². The largest absolute Gasteiger partial charge is 0.482 e. The van der Waals surface area contributed by atoms with Gasteiger partial charge in [-0.05, 0) is 12.1 Å². The van der Waals surface area contributed by atoms with Crippen LogP contribution in [0, 0.1) is 12.3 Å². The van der Waals surface area contributed by atoms with Crippen LogP contribution in [0.4, 0.5) is 0 Å². The number of rotatable bonds is 5. The average molecular weight is 190 g/mol. The molecule has 0 spiro atoms. The molecule has 0 unspecified atom stereocenters. The van der Waals surface area contributed by atoms with Gasteiger partial charge in [-0.25, -0.2) is 0 Å². The van der Waals surface area contributed by atoms with Gasteiger partial charge in [-0.1, -0.05) is 18.1 Å². The summed E-state index contributed by atoms with van der Waals surface area (Å²) in [6, 6.07) is 7.05. The Balaban J connectivity index is 2.70. The zero-order chi connectivity index (χ0) is 10.2. The van der Waals surface area contributed by atoms with Gasteiger partial charge < -0.3 is 9.47 Å². The van der Waals surface area contributed by atoms with Crippen molar-refractivity contribution >= 4 is 6.29 Å². The van der Waals surface area contributed by atoms with Gasteiger partial charge >= 0.3 is 0 Å². The maximum atomic E-state index is 10.1. The van der Waals surface area contributed by atoms with E-state index in [2.05, 4.69) is 5.92 Å². The summed E-state index contributed by atoms with van der Waals surface area (Å²) in [4.78, 5) is 10.1. The minimum Gasteiger partial charge on any atom is -0.482 e. The molecule has 0 aliphatic carbocycles. The number of para-hydroxylation sites is 2. The zero-order valence-electron chi connectivity index (χ0n) is 7.60. The Labute approximate surface area is 82.6 Å². The van der Waals surface area contributed by atoms with Gasteiger partial charge in [0.25, 0.3) is 0 Å². The zero-order valence-corrected chi connectivity index (χ0v) is 7.60. The van der Waals surface area contributed by atoms with Gasteiger partial charge in [0.15, 0.2) is 17.8 Å². The molecule has 0 amide bonds. The molecule has 0 saturated heterocycles. The number of hydrogen-bond donors (Lipinski definition) is 0. The summed E-state index contributed by atoms with van der Waals surface area (Å²) < 4.78 is 10.3. The first-order valence-corrected chi connectivity index (χ1v) is 4.10. The number of carbonyl (C=O) groups is 1. The van der Waals surface area contributed by atoms with E-state index in [4.69, 9.17) is 15.9 Å². The summed E-state index contributed by atoms with van der Waals surface area (Å²) in [5.74, 6) is 3.42. The standard InChI is InChI=1S/C11H10O3/c1-2-8-13-10-5-3-4-6-11(10)14-9-7-12/h1,3-7H,8-9H2. The Morgan fingerprint density at radius 3 is 2.50 bits per heavy atom. The molecule has 0 radical (unpaired) electrons. The van der Waals surface area contributed by atoms with Crippen LogP contribution in [0.15, 0.2) is 24.3 Å². The number of ether oxygens (including phenoxy) is 2. The first kappa shape index (κ1) is 10.1. The maximum Gasteiger partial charge on any atom is 0.162 e. The molecule has 3 heteroatoms. The monoisotopic (exact) mass is 190 g/mol. The van der Waals surface area contributed by atoms with E-state index < -0.39 is 0 Å². The lowest BCUT2D eigenvalue weighted by atomic mass is 10.3. The third-order valence-corrected chi connectivity index (χ3v) is 1.47. The molecule has 0 heterocycles. The van der Waals surface area contributed by atoms with Crippen LogP contribution in [0.5, 0.6) is 11.5 Å². The Hall–Kier alpha value is -1.95. The summed E-state index contributed by atoms with van der Waals surface area (Å²) >= 11 is 0. The highest BCUT2D eigenvalue weighted by Crippen LogP contribution is 2.25. The minimum absolute atomic E-state index is 0.0103. The van der Waals surface area contributed by atoms with Gasteiger partial charge in [-0.15, -0.1) is 6.42 Å². The first-order chi connectivity index (χ1) is 6.88. The van der Waals surface area contributed by atoms with Crippen molar-refractivity contribution in [3.8, 4) is 23.8 Å². The molecule has 0 aliphatic heterocycles. The summed E-state index contributed by atoms with van der Waals surface area (Å²) in [5, 5.41) is 0. The fourth-order valence-electron chi connectivity index (χ4n) is 0.932. The first-order valence-electron chi connectivity index (χ1n) is 4.10. The molecule has 0 saturated carbocycles. The molecule has 0 atom stereocenters. The second-order valence-electron chi connectivity index (χ2n) is 2.42. The van der Waals surface area contributed by atoms with Crippen molar-refractivity contribution in [3.05, 3.63) is 24.3 Å². The molecule has 0 aromatic heterocycles. The Morgan fingerprint density at radius 2 is 1.93 bits per heavy atom. The van der Waals surface area contributed by atoms with E-state index in [1.807, 2.05) is 0 Å². The number of aldehydes is 1. The Kier molecular flexibility index (Phi) is 4.09. The highest BCUT2D eigenvalue weighted by molar-refractivity contribution is 5.52. The summed E-state index contributed by atoms with van der Waals surface area (Å²) in [7, 11) is 0. The van der Waals surface area contributed by atoms with E-state index in [9.17, 15) is 4.79 Å². The smallest absolute Gasteiger partial charge is 0.162 e. The molecule has 72 valence electrons. The molecule has 0 bridgehead atoms. The number of benzene rings is 1. The summed E-state index contributed by atoms with van der Waals surface area (Å²) in [6.45, 7) is 0.192. The lowest BCUT2D eigenvalue weighted by Gasteiger charge is -2.08. The molecule has 1 aromatic carbocycles. The van der Waals surface area contributed by atoms with Crippen molar-refractivity contribution < 1.29 is 14.3 Å². The van der Waals surface area contributed by atoms with Crippen molar-refractivity contribution in [1.82, 2.24) is 0 Å². The van der Waals surface area contributed by atoms with Gasteiger partial charge in [-0.2, -0.15) is 0 Å². The number of carbonyl (C=O) groups excluding carboxylic acids is 1. The molecule has 1 aromatic rings. The van der Waals surface area contributed by atoms with Crippen molar-refractivity contribution in [2.75, 3.05) is 13.2 Å². The van der Waals surface area contributed by atoms with Crippen molar-refractivity contribution in [3.63, 3.8) is 0 Å². The highest BCUT2D eigenvalue weighted by atomic mass is 16.5. The third-order valence-electron chi connectivity index (χ3n) is 1.47. The molecule has 0 N–H and O–H groups in total. The van der Waals surface area contributed by atoms with Crippen LogP contribution in [0.25, 0.3) is 0 Å². The van der Waals surface area contributed by atoms with E-state index >= 15 is 0 Å². The van der Waals surface area contributed by atoms with Crippen LogP contribution in [0.2, 0.25) is 0 Å². The molecule has 1 rings (SSSR count). The lowest BCUT2D eigenvalue weighted by Crippen LogP contribution is -2.01. The molecule has 14 heavy (non-hydrogen) atoms. The van der Waals surface area contributed by atoms with Gasteiger partial charge in [0.2, 0.25) is 0 Å². The number of terminal acetylenes is 1. The van der Waals surface area contributed by atoms with Crippen LogP contribution in [0.3, 0.4) is 0 Å². The van der Waals surface area contributed by atoms with Crippen LogP contribution < -0.4 is 9.47 Å². The van der Waals surface area contributed by atoms with Crippen LogP contribution >= 0.6 is 0 Å². The van der Waals surface area contributed by atoms with E-state index in [0.29, 0.717) is 17.8 Å². The highest BCUT2D eigenvalue weighted by Gasteiger charge is 2.02. The Morgan fingerprint density at radius 1 is 1.29 bits per heavy atom. The van der Waals surface area contributed by atoms with Crippen molar-refractivity contribution in [2.24, 2.45) is 0 Å². The number of hydrogen-bond acceptors (Lipinski definition) is 3.